The molecule has 5 nitrogen and oxygen atoms in total. The van der Waals surface area contributed by atoms with Crippen LogP contribution in [0.4, 0.5) is 0 Å². The zero-order valence-electron chi connectivity index (χ0n) is 16.1. The Morgan fingerprint density at radius 2 is 2.14 bits per heavy atom. The number of hydrogen-bond donors (Lipinski definition) is 0. The van der Waals surface area contributed by atoms with Crippen LogP contribution in [-0.2, 0) is 11.2 Å². The van der Waals surface area contributed by atoms with E-state index in [1.54, 1.807) is 11.3 Å². The second kappa shape index (κ2) is 8.69. The molecule has 1 amide bonds. The van der Waals surface area contributed by atoms with Crippen LogP contribution < -0.4 is 0 Å². The summed E-state index contributed by atoms with van der Waals surface area (Å²) in [7, 11) is 0. The first-order valence-electron chi connectivity index (χ1n) is 9.97. The van der Waals surface area contributed by atoms with Crippen LogP contribution >= 0.6 is 11.3 Å². The van der Waals surface area contributed by atoms with Gasteiger partial charge in [0.15, 0.2) is 0 Å². The summed E-state index contributed by atoms with van der Waals surface area (Å²) in [6.07, 6.45) is 4.08. The molecule has 2 atom stereocenters. The highest BCUT2D eigenvalue weighted by Gasteiger charge is 2.34. The van der Waals surface area contributed by atoms with Crippen LogP contribution in [0.3, 0.4) is 0 Å². The van der Waals surface area contributed by atoms with E-state index in [2.05, 4.69) is 46.2 Å². The Morgan fingerprint density at radius 1 is 1.29 bits per heavy atom. The van der Waals surface area contributed by atoms with Crippen molar-refractivity contribution in [1.29, 1.82) is 0 Å². The molecule has 0 N–H and O–H groups in total. The molecule has 0 saturated carbocycles. The van der Waals surface area contributed by atoms with Gasteiger partial charge in [-0.3, -0.25) is 4.79 Å². The molecular formula is C22H25N3O2S. The Hall–Kier alpha value is -2.47. The number of carbonyl (C=O) groups excluding carboxylic acids is 1. The molecule has 1 fully saturated rings. The molecule has 0 aliphatic carbocycles. The number of likely N-dealkylation sites (tertiary alicyclic amines) is 1. The van der Waals surface area contributed by atoms with Crippen LogP contribution in [-0.4, -0.2) is 33.5 Å². The standard InChI is InChI=1S/C22H25N3O2S/c1-2-17(16-8-4-3-5-9-16)18-10-6-14-25(18)21(26)13-12-20-23-22(24-27-20)19-11-7-15-28-19/h3-5,7-9,11,15,17-18H,2,6,10,12-14H2,1H3. The van der Waals surface area contributed by atoms with Gasteiger partial charge in [-0.1, -0.05) is 48.5 Å². The Kier molecular flexibility index (Phi) is 5.86. The second-order valence-electron chi connectivity index (χ2n) is 7.21. The molecule has 1 aromatic carbocycles. The molecule has 0 radical (unpaired) electrons. The third kappa shape index (κ3) is 4.02. The minimum absolute atomic E-state index is 0.188. The summed E-state index contributed by atoms with van der Waals surface area (Å²) >= 11 is 1.58. The normalized spacial score (nSPS) is 17.8. The quantitative estimate of drug-likeness (QED) is 0.570. The molecule has 4 rings (SSSR count). The first kappa shape index (κ1) is 18.9. The van der Waals surface area contributed by atoms with Gasteiger partial charge in [-0.25, -0.2) is 0 Å². The monoisotopic (exact) mass is 395 g/mol. The molecule has 1 aliphatic heterocycles. The van der Waals surface area contributed by atoms with Gasteiger partial charge in [0.25, 0.3) is 0 Å². The molecule has 0 spiro atoms. The Labute approximate surface area is 169 Å². The van der Waals surface area contributed by atoms with E-state index < -0.39 is 0 Å². The average molecular weight is 396 g/mol. The van der Waals surface area contributed by atoms with Crippen molar-refractivity contribution in [2.24, 2.45) is 0 Å². The van der Waals surface area contributed by atoms with Gasteiger partial charge in [0.2, 0.25) is 17.6 Å². The Morgan fingerprint density at radius 3 is 2.89 bits per heavy atom. The van der Waals surface area contributed by atoms with Gasteiger partial charge >= 0.3 is 0 Å². The number of aromatic nitrogens is 2. The number of rotatable bonds is 7. The zero-order valence-corrected chi connectivity index (χ0v) is 16.9. The van der Waals surface area contributed by atoms with E-state index in [4.69, 9.17) is 4.52 Å². The van der Waals surface area contributed by atoms with Gasteiger partial charge in [-0.15, -0.1) is 11.3 Å². The fourth-order valence-corrected chi connectivity index (χ4v) is 4.82. The molecule has 6 heteroatoms. The fraction of sp³-hybridized carbons (Fsp3) is 0.409. The van der Waals surface area contributed by atoms with Crippen molar-refractivity contribution in [2.45, 2.75) is 51.0 Å². The topological polar surface area (TPSA) is 59.2 Å². The van der Waals surface area contributed by atoms with Crippen LogP contribution in [0.5, 0.6) is 0 Å². The van der Waals surface area contributed by atoms with Crippen molar-refractivity contribution in [3.05, 3.63) is 59.3 Å². The third-order valence-electron chi connectivity index (χ3n) is 5.51. The summed E-state index contributed by atoms with van der Waals surface area (Å²) in [4.78, 5) is 20.4. The van der Waals surface area contributed by atoms with Crippen molar-refractivity contribution >= 4 is 17.2 Å². The van der Waals surface area contributed by atoms with Gasteiger partial charge in [0, 0.05) is 31.3 Å². The molecule has 3 heterocycles. The van der Waals surface area contributed by atoms with Gasteiger partial charge < -0.3 is 9.42 Å². The molecule has 2 unspecified atom stereocenters. The van der Waals surface area contributed by atoms with E-state index in [1.807, 2.05) is 23.6 Å². The minimum Gasteiger partial charge on any atom is -0.339 e. The molecule has 146 valence electrons. The molecular weight excluding hydrogens is 370 g/mol. The number of thiophene rings is 1. The molecule has 2 aromatic heterocycles. The number of aryl methyl sites for hydroxylation is 1. The van der Waals surface area contributed by atoms with Gasteiger partial charge in [-0.2, -0.15) is 4.98 Å². The maximum absolute atomic E-state index is 13.0. The lowest BCUT2D eigenvalue weighted by Crippen LogP contribution is -2.39. The predicted octanol–water partition coefficient (Wildman–Crippen LogP) is 4.92. The van der Waals surface area contributed by atoms with E-state index in [9.17, 15) is 4.79 Å². The summed E-state index contributed by atoms with van der Waals surface area (Å²) in [5.74, 6) is 1.71. The van der Waals surface area contributed by atoms with Gasteiger partial charge in [-0.05, 0) is 36.3 Å². The minimum atomic E-state index is 0.188. The van der Waals surface area contributed by atoms with Gasteiger partial charge in [0.05, 0.1) is 4.88 Å². The first-order valence-corrected chi connectivity index (χ1v) is 10.8. The first-order chi connectivity index (χ1) is 13.8. The van der Waals surface area contributed by atoms with Crippen LogP contribution in [0.2, 0.25) is 0 Å². The van der Waals surface area contributed by atoms with Crippen molar-refractivity contribution in [1.82, 2.24) is 15.0 Å². The average Bonchev–Trinajstić information content (AvgIpc) is 3.48. The lowest BCUT2D eigenvalue weighted by atomic mass is 9.87. The van der Waals surface area contributed by atoms with Crippen molar-refractivity contribution in [3.63, 3.8) is 0 Å². The molecule has 28 heavy (non-hydrogen) atoms. The maximum atomic E-state index is 13.0. The van der Waals surface area contributed by atoms with Gasteiger partial charge in [0.1, 0.15) is 0 Å². The van der Waals surface area contributed by atoms with Crippen molar-refractivity contribution in [2.75, 3.05) is 6.54 Å². The summed E-state index contributed by atoms with van der Waals surface area (Å²) in [5, 5.41) is 6.02. The zero-order chi connectivity index (χ0) is 19.3. The summed E-state index contributed by atoms with van der Waals surface area (Å²) in [6, 6.07) is 14.8. The second-order valence-corrected chi connectivity index (χ2v) is 8.16. The number of nitrogens with zero attached hydrogens (tertiary/aromatic N) is 3. The Balaban J connectivity index is 1.40. The van der Waals surface area contributed by atoms with Crippen molar-refractivity contribution in [3.8, 4) is 10.7 Å². The van der Waals surface area contributed by atoms with Crippen LogP contribution in [0.1, 0.15) is 50.0 Å². The molecule has 1 saturated heterocycles. The predicted molar refractivity (Wildman–Crippen MR) is 110 cm³/mol. The highest BCUT2D eigenvalue weighted by Crippen LogP contribution is 2.34. The summed E-state index contributed by atoms with van der Waals surface area (Å²) in [6.45, 7) is 3.06. The van der Waals surface area contributed by atoms with Crippen molar-refractivity contribution < 1.29 is 9.32 Å². The highest BCUT2D eigenvalue weighted by molar-refractivity contribution is 7.13. The number of carbonyl (C=O) groups is 1. The van der Waals surface area contributed by atoms with E-state index in [1.165, 1.54) is 5.56 Å². The number of benzene rings is 1. The van der Waals surface area contributed by atoms with E-state index in [0.29, 0.717) is 30.5 Å². The SMILES string of the molecule is CCC(c1ccccc1)C1CCCN1C(=O)CCc1nc(-c2cccs2)no1. The van der Waals surface area contributed by atoms with Crippen LogP contribution in [0.25, 0.3) is 10.7 Å². The van der Waals surface area contributed by atoms with E-state index in [0.717, 1.165) is 30.7 Å². The van der Waals surface area contributed by atoms with Crippen LogP contribution in [0.15, 0.2) is 52.4 Å². The third-order valence-corrected chi connectivity index (χ3v) is 6.38. The molecule has 3 aromatic rings. The van der Waals surface area contributed by atoms with E-state index >= 15 is 0 Å². The largest absolute Gasteiger partial charge is 0.339 e. The maximum Gasteiger partial charge on any atom is 0.227 e. The highest BCUT2D eigenvalue weighted by atomic mass is 32.1. The number of amides is 1. The summed E-state index contributed by atoms with van der Waals surface area (Å²) < 4.78 is 5.34. The lowest BCUT2D eigenvalue weighted by molar-refractivity contribution is -0.132. The van der Waals surface area contributed by atoms with E-state index in [-0.39, 0.29) is 11.9 Å². The Bertz CT molecular complexity index is 892. The smallest absolute Gasteiger partial charge is 0.227 e. The number of hydrogen-bond acceptors (Lipinski definition) is 5. The summed E-state index contributed by atoms with van der Waals surface area (Å²) in [5.41, 5.74) is 1.33. The lowest BCUT2D eigenvalue weighted by Gasteiger charge is -2.31. The van der Waals surface area contributed by atoms with Crippen LogP contribution in [0, 0.1) is 0 Å². The molecule has 0 bridgehead atoms. The molecule has 1 aliphatic rings. The fourth-order valence-electron chi connectivity index (χ4n) is 4.17.